The smallest absolute Gasteiger partial charge is 0.327 e. The van der Waals surface area contributed by atoms with Crippen LogP contribution in [-0.4, -0.2) is 45.2 Å². The molecule has 1 aromatic rings. The number of carbonyl (C=O) groups excluding carboxylic acids is 1. The first kappa shape index (κ1) is 16.1. The van der Waals surface area contributed by atoms with Gasteiger partial charge in [0.2, 0.25) is 0 Å². The first-order valence-corrected chi connectivity index (χ1v) is 6.66. The van der Waals surface area contributed by atoms with Crippen molar-refractivity contribution in [3.05, 3.63) is 34.1 Å². The van der Waals surface area contributed by atoms with Crippen LogP contribution in [-0.2, 0) is 9.53 Å². The molecule has 1 N–H and O–H groups in total. The third kappa shape index (κ3) is 4.89. The van der Waals surface area contributed by atoms with Crippen LogP contribution in [0.3, 0.4) is 0 Å². The molecule has 0 bridgehead atoms. The lowest BCUT2D eigenvalue weighted by molar-refractivity contribution is -0.143. The van der Waals surface area contributed by atoms with E-state index >= 15 is 0 Å². The van der Waals surface area contributed by atoms with Gasteiger partial charge in [0.15, 0.2) is 0 Å². The molecule has 0 saturated heterocycles. The van der Waals surface area contributed by atoms with Crippen LogP contribution in [0.25, 0.3) is 0 Å². The highest BCUT2D eigenvalue weighted by Crippen LogP contribution is 2.21. The maximum Gasteiger partial charge on any atom is 0.327 e. The molecule has 0 radical (unpaired) electrons. The highest BCUT2D eigenvalue weighted by molar-refractivity contribution is 9.10. The minimum absolute atomic E-state index is 0.369. The van der Waals surface area contributed by atoms with Crippen molar-refractivity contribution in [1.82, 2.24) is 10.2 Å². The molecule has 19 heavy (non-hydrogen) atoms. The van der Waals surface area contributed by atoms with Gasteiger partial charge in [0.1, 0.15) is 11.9 Å². The van der Waals surface area contributed by atoms with Gasteiger partial charge in [-0.2, -0.15) is 0 Å². The minimum Gasteiger partial charge on any atom is -0.468 e. The van der Waals surface area contributed by atoms with Gasteiger partial charge >= 0.3 is 5.97 Å². The van der Waals surface area contributed by atoms with Crippen molar-refractivity contribution >= 4 is 21.9 Å². The van der Waals surface area contributed by atoms with Gasteiger partial charge < -0.3 is 9.64 Å². The lowest BCUT2D eigenvalue weighted by Gasteiger charge is -2.18. The molecule has 106 valence electrons. The molecule has 0 fully saturated rings. The first-order valence-electron chi connectivity index (χ1n) is 5.86. The van der Waals surface area contributed by atoms with Crippen molar-refractivity contribution in [2.45, 2.75) is 6.04 Å². The van der Waals surface area contributed by atoms with Gasteiger partial charge in [-0.1, -0.05) is 6.07 Å². The summed E-state index contributed by atoms with van der Waals surface area (Å²) in [5, 5.41) is 3.07. The van der Waals surface area contributed by atoms with Gasteiger partial charge in [-0.15, -0.1) is 0 Å². The van der Waals surface area contributed by atoms with Crippen LogP contribution in [0.2, 0.25) is 0 Å². The van der Waals surface area contributed by atoms with Gasteiger partial charge in [0, 0.05) is 13.1 Å². The van der Waals surface area contributed by atoms with E-state index in [0.717, 1.165) is 6.54 Å². The average Bonchev–Trinajstić information content (AvgIpc) is 2.37. The molecule has 0 spiro atoms. The van der Waals surface area contributed by atoms with Crippen molar-refractivity contribution in [2.75, 3.05) is 34.3 Å². The Morgan fingerprint density at radius 3 is 2.74 bits per heavy atom. The van der Waals surface area contributed by atoms with Gasteiger partial charge in [-0.3, -0.25) is 5.32 Å². The zero-order valence-electron chi connectivity index (χ0n) is 11.2. The molecular weight excluding hydrogens is 315 g/mol. The quantitative estimate of drug-likeness (QED) is 0.808. The Morgan fingerprint density at radius 2 is 2.21 bits per heavy atom. The zero-order valence-corrected chi connectivity index (χ0v) is 12.8. The summed E-state index contributed by atoms with van der Waals surface area (Å²) in [6.07, 6.45) is 0. The molecule has 1 atom stereocenters. The van der Waals surface area contributed by atoms with Crippen molar-refractivity contribution < 1.29 is 13.9 Å². The standard InChI is InChI=1S/C13H18BrFN2O2/c1-17(2)7-6-16-12(13(18)19-3)9-4-5-10(14)11(15)8-9/h4-5,8,12,16H,6-7H2,1-3H3. The number of benzene rings is 1. The van der Waals surface area contributed by atoms with E-state index in [1.165, 1.54) is 13.2 Å². The molecule has 1 aromatic carbocycles. The zero-order chi connectivity index (χ0) is 14.4. The SMILES string of the molecule is COC(=O)C(NCCN(C)C)c1ccc(Br)c(F)c1. The number of esters is 1. The van der Waals surface area contributed by atoms with Gasteiger partial charge in [-0.05, 0) is 47.7 Å². The molecule has 0 aliphatic rings. The van der Waals surface area contributed by atoms with Crippen LogP contribution < -0.4 is 5.32 Å². The van der Waals surface area contributed by atoms with Crippen molar-refractivity contribution in [2.24, 2.45) is 0 Å². The van der Waals surface area contributed by atoms with Crippen molar-refractivity contribution in [3.63, 3.8) is 0 Å². The van der Waals surface area contributed by atoms with E-state index in [1.54, 1.807) is 12.1 Å². The number of nitrogens with one attached hydrogen (secondary N) is 1. The first-order chi connectivity index (χ1) is 8.95. The largest absolute Gasteiger partial charge is 0.468 e. The Morgan fingerprint density at radius 1 is 1.53 bits per heavy atom. The predicted molar refractivity (Wildman–Crippen MR) is 75.4 cm³/mol. The van der Waals surface area contributed by atoms with Crippen molar-refractivity contribution in [1.29, 1.82) is 0 Å². The summed E-state index contributed by atoms with van der Waals surface area (Å²) in [4.78, 5) is 13.7. The number of carbonyl (C=O) groups is 1. The molecule has 6 heteroatoms. The average molecular weight is 333 g/mol. The predicted octanol–water partition coefficient (Wildman–Crippen LogP) is 1.95. The second kappa shape index (κ2) is 7.57. The number of methoxy groups -OCH3 is 1. The minimum atomic E-state index is -0.660. The van der Waals surface area contributed by atoms with Gasteiger partial charge in [-0.25, -0.2) is 9.18 Å². The number of likely N-dealkylation sites (N-methyl/N-ethyl adjacent to an activating group) is 1. The highest BCUT2D eigenvalue weighted by atomic mass is 79.9. The number of nitrogens with zero attached hydrogens (tertiary/aromatic N) is 1. The maximum atomic E-state index is 13.5. The van der Waals surface area contributed by atoms with Crippen LogP contribution in [0.4, 0.5) is 4.39 Å². The monoisotopic (exact) mass is 332 g/mol. The fourth-order valence-electron chi connectivity index (χ4n) is 1.58. The number of hydrogen-bond acceptors (Lipinski definition) is 4. The Bertz CT molecular complexity index is 441. The molecule has 0 aliphatic heterocycles. The van der Waals surface area contributed by atoms with E-state index in [1.807, 2.05) is 19.0 Å². The summed E-state index contributed by atoms with van der Waals surface area (Å²) in [5.41, 5.74) is 0.548. The summed E-state index contributed by atoms with van der Waals surface area (Å²) in [6, 6.07) is 3.94. The number of halogens is 2. The van der Waals surface area contributed by atoms with Crippen LogP contribution in [0, 0.1) is 5.82 Å². The molecule has 0 heterocycles. The summed E-state index contributed by atoms with van der Waals surface area (Å²) < 4.78 is 18.6. The topological polar surface area (TPSA) is 41.6 Å². The molecule has 1 unspecified atom stereocenters. The van der Waals surface area contributed by atoms with Crippen LogP contribution >= 0.6 is 15.9 Å². The van der Waals surface area contributed by atoms with Crippen molar-refractivity contribution in [3.8, 4) is 0 Å². The van der Waals surface area contributed by atoms with E-state index in [-0.39, 0.29) is 0 Å². The second-order valence-electron chi connectivity index (χ2n) is 4.39. The van der Waals surface area contributed by atoms with Crippen LogP contribution in [0.1, 0.15) is 11.6 Å². The van der Waals surface area contributed by atoms with Gasteiger partial charge in [0.25, 0.3) is 0 Å². The lowest BCUT2D eigenvalue weighted by atomic mass is 10.1. The molecule has 0 aliphatic carbocycles. The Hall–Kier alpha value is -0.980. The Kier molecular flexibility index (Phi) is 6.41. The molecule has 1 rings (SSSR count). The number of ether oxygens (including phenoxy) is 1. The van der Waals surface area contributed by atoms with E-state index < -0.39 is 17.8 Å². The fourth-order valence-corrected chi connectivity index (χ4v) is 1.83. The summed E-state index contributed by atoms with van der Waals surface area (Å²) >= 11 is 3.09. The summed E-state index contributed by atoms with van der Waals surface area (Å²) in [6.45, 7) is 1.37. The summed E-state index contributed by atoms with van der Waals surface area (Å²) in [7, 11) is 5.19. The molecule has 0 aromatic heterocycles. The van der Waals surface area contributed by atoms with Gasteiger partial charge in [0.05, 0.1) is 11.6 Å². The molecule has 4 nitrogen and oxygen atoms in total. The molecule has 0 amide bonds. The number of hydrogen-bond donors (Lipinski definition) is 1. The van der Waals surface area contributed by atoms with Crippen LogP contribution in [0.5, 0.6) is 0 Å². The van der Waals surface area contributed by atoms with E-state index in [0.29, 0.717) is 16.6 Å². The third-order valence-corrected chi connectivity index (χ3v) is 3.26. The van der Waals surface area contributed by atoms with E-state index in [9.17, 15) is 9.18 Å². The highest BCUT2D eigenvalue weighted by Gasteiger charge is 2.21. The van der Waals surface area contributed by atoms with Crippen LogP contribution in [0.15, 0.2) is 22.7 Å². The number of rotatable bonds is 6. The maximum absolute atomic E-state index is 13.5. The second-order valence-corrected chi connectivity index (χ2v) is 5.24. The fraction of sp³-hybridized carbons (Fsp3) is 0.462. The third-order valence-electron chi connectivity index (χ3n) is 2.62. The lowest BCUT2D eigenvalue weighted by Crippen LogP contribution is -2.34. The van der Waals surface area contributed by atoms with E-state index in [4.69, 9.17) is 4.74 Å². The Balaban J connectivity index is 2.83. The normalized spacial score (nSPS) is 12.5. The molecule has 0 saturated carbocycles. The van der Waals surface area contributed by atoms with E-state index in [2.05, 4.69) is 21.2 Å². The Labute approximate surface area is 121 Å². The summed E-state index contributed by atoms with van der Waals surface area (Å²) in [5.74, 6) is -0.832. The molecular formula is C13H18BrFN2O2.